The number of hydrogen-bond acceptors (Lipinski definition) is 0. The number of alkyl halides is 1. The van der Waals surface area contributed by atoms with E-state index < -0.39 is 0 Å². The van der Waals surface area contributed by atoms with Crippen molar-refractivity contribution in [1.82, 2.24) is 0 Å². The van der Waals surface area contributed by atoms with E-state index in [0.717, 1.165) is 24.6 Å². The Kier molecular flexibility index (Phi) is 7.04. The van der Waals surface area contributed by atoms with Crippen LogP contribution in [0.25, 0.3) is 0 Å². The van der Waals surface area contributed by atoms with Gasteiger partial charge in [-0.1, -0.05) is 33.7 Å². The average molecular weight is 203 g/mol. The second-order valence-electron chi connectivity index (χ2n) is 2.36. The summed E-state index contributed by atoms with van der Waals surface area (Å²) in [6, 6.07) is 0. The van der Waals surface area contributed by atoms with Crippen molar-refractivity contribution >= 4 is 15.9 Å². The molecule has 0 aromatic carbocycles. The molecule has 0 radical (unpaired) electrons. The van der Waals surface area contributed by atoms with E-state index in [0.29, 0.717) is 0 Å². The molecule has 0 aliphatic heterocycles. The van der Waals surface area contributed by atoms with E-state index in [1.165, 1.54) is 5.57 Å². The van der Waals surface area contributed by atoms with E-state index in [9.17, 15) is 0 Å². The van der Waals surface area contributed by atoms with E-state index in [1.54, 1.807) is 0 Å². The molecule has 0 spiro atoms. The Morgan fingerprint density at radius 2 is 2.20 bits per heavy atom. The largest absolute Gasteiger partial charge is 0.103 e. The SMILES string of the molecule is C=CCCC(C)=CCCBr. The molecule has 58 valence electrons. The number of hydrogen-bond donors (Lipinski definition) is 0. The lowest BCUT2D eigenvalue weighted by atomic mass is 10.1. The van der Waals surface area contributed by atoms with Gasteiger partial charge in [-0.2, -0.15) is 0 Å². The quantitative estimate of drug-likeness (QED) is 0.472. The molecule has 0 amide bonds. The summed E-state index contributed by atoms with van der Waals surface area (Å²) in [6.45, 7) is 5.85. The summed E-state index contributed by atoms with van der Waals surface area (Å²) in [4.78, 5) is 0. The van der Waals surface area contributed by atoms with Gasteiger partial charge in [0.05, 0.1) is 0 Å². The van der Waals surface area contributed by atoms with E-state index in [1.807, 2.05) is 6.08 Å². The molecule has 0 bridgehead atoms. The standard InChI is InChI=1S/C9H15Br/c1-3-4-6-9(2)7-5-8-10/h3,7H,1,4-6,8H2,2H3. The maximum atomic E-state index is 3.68. The zero-order valence-corrected chi connectivity index (χ0v) is 8.15. The lowest BCUT2D eigenvalue weighted by Gasteiger charge is -1.95. The maximum Gasteiger partial charge on any atom is 0.00660 e. The number of halogens is 1. The normalized spacial score (nSPS) is 11.6. The molecule has 0 aliphatic rings. The molecule has 0 heterocycles. The molecule has 0 fully saturated rings. The highest BCUT2D eigenvalue weighted by atomic mass is 79.9. The van der Waals surface area contributed by atoms with Crippen molar-refractivity contribution in [3.05, 3.63) is 24.3 Å². The van der Waals surface area contributed by atoms with Gasteiger partial charge in [0.15, 0.2) is 0 Å². The first-order valence-electron chi connectivity index (χ1n) is 3.63. The molecule has 10 heavy (non-hydrogen) atoms. The predicted octanol–water partition coefficient (Wildman–Crippen LogP) is 3.68. The molecule has 0 nitrogen and oxygen atoms in total. The van der Waals surface area contributed by atoms with Crippen LogP contribution in [0, 0.1) is 0 Å². The first-order valence-corrected chi connectivity index (χ1v) is 4.76. The van der Waals surface area contributed by atoms with Crippen LogP contribution in [0.1, 0.15) is 26.2 Å². The summed E-state index contributed by atoms with van der Waals surface area (Å²) in [5.41, 5.74) is 1.47. The van der Waals surface area contributed by atoms with Gasteiger partial charge in [0.2, 0.25) is 0 Å². The minimum absolute atomic E-state index is 1.07. The van der Waals surface area contributed by atoms with Crippen molar-refractivity contribution in [3.8, 4) is 0 Å². The molecule has 0 aliphatic carbocycles. The van der Waals surface area contributed by atoms with Gasteiger partial charge >= 0.3 is 0 Å². The molecule has 0 rings (SSSR count). The second-order valence-corrected chi connectivity index (χ2v) is 3.15. The summed E-state index contributed by atoms with van der Waals surface area (Å²) >= 11 is 3.38. The molecule has 0 aromatic rings. The maximum absolute atomic E-state index is 3.68. The highest BCUT2D eigenvalue weighted by molar-refractivity contribution is 9.09. The third-order valence-electron chi connectivity index (χ3n) is 1.34. The highest BCUT2D eigenvalue weighted by Gasteiger charge is 1.85. The fraction of sp³-hybridized carbons (Fsp3) is 0.556. The lowest BCUT2D eigenvalue weighted by molar-refractivity contribution is 0.965. The summed E-state index contributed by atoms with van der Waals surface area (Å²) in [6.07, 6.45) is 7.65. The molecule has 0 atom stereocenters. The van der Waals surface area contributed by atoms with Crippen LogP contribution in [-0.4, -0.2) is 5.33 Å². The summed E-state index contributed by atoms with van der Waals surface area (Å²) in [5.74, 6) is 0. The fourth-order valence-electron chi connectivity index (χ4n) is 0.733. The van der Waals surface area contributed by atoms with Crippen molar-refractivity contribution in [1.29, 1.82) is 0 Å². The summed E-state index contributed by atoms with van der Waals surface area (Å²) in [5, 5.41) is 1.07. The minimum Gasteiger partial charge on any atom is -0.103 e. The van der Waals surface area contributed by atoms with Crippen molar-refractivity contribution in [2.75, 3.05) is 5.33 Å². The van der Waals surface area contributed by atoms with Crippen molar-refractivity contribution < 1.29 is 0 Å². The lowest BCUT2D eigenvalue weighted by Crippen LogP contribution is -1.76. The van der Waals surface area contributed by atoms with Crippen molar-refractivity contribution in [2.24, 2.45) is 0 Å². The van der Waals surface area contributed by atoms with Crippen LogP contribution in [0.15, 0.2) is 24.3 Å². The Balaban J connectivity index is 3.38. The van der Waals surface area contributed by atoms with Gasteiger partial charge in [-0.3, -0.25) is 0 Å². The average Bonchev–Trinajstić information content (AvgIpc) is 1.97. The van der Waals surface area contributed by atoms with Gasteiger partial charge in [0, 0.05) is 5.33 Å². The Bertz CT molecular complexity index is 114. The van der Waals surface area contributed by atoms with Gasteiger partial charge in [0.1, 0.15) is 0 Å². The first-order chi connectivity index (χ1) is 4.81. The van der Waals surface area contributed by atoms with E-state index in [2.05, 4.69) is 35.5 Å². The Hall–Kier alpha value is -0.0400. The zero-order chi connectivity index (χ0) is 7.82. The predicted molar refractivity (Wildman–Crippen MR) is 51.6 cm³/mol. The van der Waals surface area contributed by atoms with Gasteiger partial charge in [-0.25, -0.2) is 0 Å². The van der Waals surface area contributed by atoms with Gasteiger partial charge in [-0.15, -0.1) is 6.58 Å². The van der Waals surface area contributed by atoms with Crippen LogP contribution in [-0.2, 0) is 0 Å². The van der Waals surface area contributed by atoms with Gasteiger partial charge in [-0.05, 0) is 26.2 Å². The van der Waals surface area contributed by atoms with Crippen LogP contribution in [0.2, 0.25) is 0 Å². The molecule has 0 aromatic heterocycles. The highest BCUT2D eigenvalue weighted by Crippen LogP contribution is 2.05. The topological polar surface area (TPSA) is 0 Å². The molecule has 0 saturated heterocycles. The smallest absolute Gasteiger partial charge is 0.00660 e. The second kappa shape index (κ2) is 7.07. The van der Waals surface area contributed by atoms with E-state index in [-0.39, 0.29) is 0 Å². The first kappa shape index (κ1) is 9.96. The summed E-state index contributed by atoms with van der Waals surface area (Å²) in [7, 11) is 0. The van der Waals surface area contributed by atoms with E-state index >= 15 is 0 Å². The van der Waals surface area contributed by atoms with Crippen molar-refractivity contribution in [2.45, 2.75) is 26.2 Å². The van der Waals surface area contributed by atoms with Crippen LogP contribution >= 0.6 is 15.9 Å². The number of allylic oxidation sites excluding steroid dienone is 3. The van der Waals surface area contributed by atoms with Crippen LogP contribution in [0.5, 0.6) is 0 Å². The molecule has 0 unspecified atom stereocenters. The molecular weight excluding hydrogens is 188 g/mol. The fourth-order valence-corrected chi connectivity index (χ4v) is 0.962. The molecule has 0 saturated carbocycles. The third kappa shape index (κ3) is 6.09. The molecular formula is C9H15Br. The zero-order valence-electron chi connectivity index (χ0n) is 6.57. The summed E-state index contributed by atoms with van der Waals surface area (Å²) < 4.78 is 0. The Morgan fingerprint density at radius 1 is 1.50 bits per heavy atom. The molecule has 0 N–H and O–H groups in total. The Labute approximate surface area is 72.1 Å². The Morgan fingerprint density at radius 3 is 2.70 bits per heavy atom. The number of rotatable bonds is 5. The van der Waals surface area contributed by atoms with Crippen LogP contribution in [0.4, 0.5) is 0 Å². The van der Waals surface area contributed by atoms with Gasteiger partial charge < -0.3 is 0 Å². The van der Waals surface area contributed by atoms with Crippen molar-refractivity contribution in [3.63, 3.8) is 0 Å². The molecule has 1 heteroatoms. The van der Waals surface area contributed by atoms with Gasteiger partial charge in [0.25, 0.3) is 0 Å². The van der Waals surface area contributed by atoms with Crippen LogP contribution in [0.3, 0.4) is 0 Å². The van der Waals surface area contributed by atoms with E-state index in [4.69, 9.17) is 0 Å². The third-order valence-corrected chi connectivity index (χ3v) is 1.80. The van der Waals surface area contributed by atoms with Crippen LogP contribution < -0.4 is 0 Å². The minimum atomic E-state index is 1.07. The monoisotopic (exact) mass is 202 g/mol.